The van der Waals surface area contributed by atoms with Crippen LogP contribution in [-0.2, 0) is 4.74 Å². The average molecular weight is 290 g/mol. The Kier molecular flexibility index (Phi) is 4.76. The van der Waals surface area contributed by atoms with Crippen molar-refractivity contribution in [3.63, 3.8) is 0 Å². The topological polar surface area (TPSA) is 50.4 Å². The van der Waals surface area contributed by atoms with Gasteiger partial charge in [0.2, 0.25) is 0 Å². The standard InChI is InChI=1S/C17H26N2O2/c1-12-9-15(11-17(2,3)10-12)18-13-5-7-14(8-6-13)19-16(20)21-4/h5-8,12,15,18H,9-11H2,1-4H3,(H,19,20). The van der Waals surface area contributed by atoms with Gasteiger partial charge in [-0.25, -0.2) is 4.79 Å². The van der Waals surface area contributed by atoms with Crippen LogP contribution in [0.3, 0.4) is 0 Å². The van der Waals surface area contributed by atoms with Crippen LogP contribution in [0.1, 0.15) is 40.0 Å². The number of carbonyl (C=O) groups excluding carboxylic acids is 1. The molecule has 1 aliphatic rings. The third kappa shape index (κ3) is 4.66. The lowest BCUT2D eigenvalue weighted by Crippen LogP contribution is -2.35. The largest absolute Gasteiger partial charge is 0.453 e. The fraction of sp³-hybridized carbons (Fsp3) is 0.588. The van der Waals surface area contributed by atoms with E-state index in [1.165, 1.54) is 26.4 Å². The van der Waals surface area contributed by atoms with Crippen LogP contribution in [0, 0.1) is 11.3 Å². The van der Waals surface area contributed by atoms with Crippen LogP contribution in [0.4, 0.5) is 16.2 Å². The quantitative estimate of drug-likeness (QED) is 0.862. The Morgan fingerprint density at radius 1 is 1.19 bits per heavy atom. The number of anilines is 2. The number of ether oxygens (including phenoxy) is 1. The molecule has 0 bridgehead atoms. The first-order chi connectivity index (χ1) is 9.88. The molecule has 2 N–H and O–H groups in total. The summed E-state index contributed by atoms with van der Waals surface area (Å²) in [6, 6.07) is 8.28. The lowest BCUT2D eigenvalue weighted by molar-refractivity contribution is 0.178. The zero-order valence-corrected chi connectivity index (χ0v) is 13.4. The van der Waals surface area contributed by atoms with E-state index < -0.39 is 6.09 Å². The monoisotopic (exact) mass is 290 g/mol. The van der Waals surface area contributed by atoms with Crippen molar-refractivity contribution in [3.8, 4) is 0 Å². The molecule has 0 aromatic heterocycles. The number of hydrogen-bond acceptors (Lipinski definition) is 3. The van der Waals surface area contributed by atoms with Crippen LogP contribution < -0.4 is 10.6 Å². The highest BCUT2D eigenvalue weighted by Crippen LogP contribution is 2.39. The van der Waals surface area contributed by atoms with Gasteiger partial charge in [0, 0.05) is 17.4 Å². The van der Waals surface area contributed by atoms with Crippen molar-refractivity contribution < 1.29 is 9.53 Å². The molecule has 2 rings (SSSR count). The minimum atomic E-state index is -0.446. The Morgan fingerprint density at radius 3 is 2.38 bits per heavy atom. The van der Waals surface area contributed by atoms with Gasteiger partial charge < -0.3 is 10.1 Å². The molecule has 4 nitrogen and oxygen atoms in total. The first-order valence-electron chi connectivity index (χ1n) is 7.59. The van der Waals surface area contributed by atoms with E-state index in [2.05, 4.69) is 36.1 Å². The van der Waals surface area contributed by atoms with Gasteiger partial charge in [-0.1, -0.05) is 20.8 Å². The van der Waals surface area contributed by atoms with Gasteiger partial charge in [-0.3, -0.25) is 5.32 Å². The normalized spacial score (nSPS) is 24.2. The van der Waals surface area contributed by atoms with Crippen LogP contribution in [0.15, 0.2) is 24.3 Å². The second-order valence-corrected chi connectivity index (χ2v) is 6.95. The highest BCUT2D eigenvalue weighted by Gasteiger charge is 2.31. The third-order valence-electron chi connectivity index (χ3n) is 4.07. The maximum atomic E-state index is 11.1. The molecular weight excluding hydrogens is 264 g/mol. The van der Waals surface area contributed by atoms with Crippen molar-refractivity contribution in [1.82, 2.24) is 0 Å². The maximum Gasteiger partial charge on any atom is 0.411 e. The smallest absolute Gasteiger partial charge is 0.411 e. The van der Waals surface area contributed by atoms with Crippen molar-refractivity contribution in [1.29, 1.82) is 0 Å². The zero-order chi connectivity index (χ0) is 15.5. The Morgan fingerprint density at radius 2 is 1.81 bits per heavy atom. The average Bonchev–Trinajstić information content (AvgIpc) is 2.38. The number of methoxy groups -OCH3 is 1. The van der Waals surface area contributed by atoms with E-state index in [0.717, 1.165) is 17.3 Å². The fourth-order valence-electron chi connectivity index (χ4n) is 3.51. The molecule has 1 fully saturated rings. The van der Waals surface area contributed by atoms with Crippen LogP contribution in [-0.4, -0.2) is 19.2 Å². The first-order valence-corrected chi connectivity index (χ1v) is 7.59. The predicted molar refractivity (Wildman–Crippen MR) is 86.7 cm³/mol. The maximum absolute atomic E-state index is 11.1. The number of rotatable bonds is 3. The first kappa shape index (κ1) is 15.7. The molecule has 1 amide bonds. The Balaban J connectivity index is 1.95. The van der Waals surface area contributed by atoms with E-state index in [1.54, 1.807) is 0 Å². The van der Waals surface area contributed by atoms with Gasteiger partial charge >= 0.3 is 6.09 Å². The third-order valence-corrected chi connectivity index (χ3v) is 4.07. The van der Waals surface area contributed by atoms with Crippen molar-refractivity contribution in [2.24, 2.45) is 11.3 Å². The Bertz CT molecular complexity index is 482. The van der Waals surface area contributed by atoms with Gasteiger partial charge in [-0.05, 0) is 54.9 Å². The number of nitrogens with one attached hydrogen (secondary N) is 2. The molecule has 0 radical (unpaired) electrons. The van der Waals surface area contributed by atoms with E-state index in [1.807, 2.05) is 24.3 Å². The molecule has 1 saturated carbocycles. The molecule has 0 spiro atoms. The molecule has 0 heterocycles. The van der Waals surface area contributed by atoms with Crippen LogP contribution in [0.5, 0.6) is 0 Å². The minimum Gasteiger partial charge on any atom is -0.453 e. The zero-order valence-electron chi connectivity index (χ0n) is 13.4. The molecule has 1 aliphatic carbocycles. The van der Waals surface area contributed by atoms with Gasteiger partial charge in [-0.15, -0.1) is 0 Å². The molecule has 21 heavy (non-hydrogen) atoms. The van der Waals surface area contributed by atoms with Gasteiger partial charge in [0.05, 0.1) is 7.11 Å². The summed E-state index contributed by atoms with van der Waals surface area (Å²) in [4.78, 5) is 11.1. The van der Waals surface area contributed by atoms with E-state index in [9.17, 15) is 4.79 Å². The summed E-state index contributed by atoms with van der Waals surface area (Å²) >= 11 is 0. The molecule has 4 heteroatoms. The molecule has 1 aromatic rings. The second kappa shape index (κ2) is 6.37. The van der Waals surface area contributed by atoms with Crippen LogP contribution in [0.25, 0.3) is 0 Å². The Labute approximate surface area is 127 Å². The molecule has 2 unspecified atom stereocenters. The Hall–Kier alpha value is -1.71. The SMILES string of the molecule is COC(=O)Nc1ccc(NC2CC(C)CC(C)(C)C2)cc1. The van der Waals surface area contributed by atoms with Gasteiger partial charge in [0.15, 0.2) is 0 Å². The lowest BCUT2D eigenvalue weighted by atomic mass is 9.70. The number of carbonyl (C=O) groups is 1. The molecule has 0 aliphatic heterocycles. The van der Waals surface area contributed by atoms with Crippen LogP contribution >= 0.6 is 0 Å². The predicted octanol–water partition coefficient (Wildman–Crippen LogP) is 4.49. The van der Waals surface area contributed by atoms with Gasteiger partial charge in [0.1, 0.15) is 0 Å². The van der Waals surface area contributed by atoms with Gasteiger partial charge in [0.25, 0.3) is 0 Å². The summed E-state index contributed by atoms with van der Waals surface area (Å²) < 4.78 is 4.57. The molecular formula is C17H26N2O2. The van der Waals surface area contributed by atoms with Crippen LogP contribution in [0.2, 0.25) is 0 Å². The summed E-state index contributed by atoms with van der Waals surface area (Å²) in [5.41, 5.74) is 2.24. The summed E-state index contributed by atoms with van der Waals surface area (Å²) in [7, 11) is 1.36. The number of amides is 1. The molecule has 0 saturated heterocycles. The lowest BCUT2D eigenvalue weighted by Gasteiger charge is -2.39. The number of benzene rings is 1. The highest BCUT2D eigenvalue weighted by molar-refractivity contribution is 5.84. The molecule has 2 atom stereocenters. The number of hydrogen-bond donors (Lipinski definition) is 2. The highest BCUT2D eigenvalue weighted by atomic mass is 16.5. The second-order valence-electron chi connectivity index (χ2n) is 6.95. The van der Waals surface area contributed by atoms with E-state index in [-0.39, 0.29) is 0 Å². The van der Waals surface area contributed by atoms with Crippen molar-refractivity contribution >= 4 is 17.5 Å². The fourth-order valence-corrected chi connectivity index (χ4v) is 3.51. The van der Waals surface area contributed by atoms with Crippen molar-refractivity contribution in [2.45, 2.75) is 46.1 Å². The van der Waals surface area contributed by atoms with E-state index in [4.69, 9.17) is 0 Å². The van der Waals surface area contributed by atoms with Crippen molar-refractivity contribution in [2.75, 3.05) is 17.7 Å². The summed E-state index contributed by atoms with van der Waals surface area (Å²) in [5.74, 6) is 0.756. The molecule has 1 aromatic carbocycles. The molecule has 116 valence electrons. The summed E-state index contributed by atoms with van der Waals surface area (Å²) in [6.45, 7) is 7.03. The van der Waals surface area contributed by atoms with Gasteiger partial charge in [-0.2, -0.15) is 0 Å². The van der Waals surface area contributed by atoms with Crippen molar-refractivity contribution in [3.05, 3.63) is 24.3 Å². The van der Waals surface area contributed by atoms with E-state index >= 15 is 0 Å². The minimum absolute atomic E-state index is 0.404. The summed E-state index contributed by atoms with van der Waals surface area (Å²) in [6.07, 6.45) is 3.26. The van der Waals surface area contributed by atoms with E-state index in [0.29, 0.717) is 11.5 Å². The summed E-state index contributed by atoms with van der Waals surface area (Å²) in [5, 5.41) is 6.27.